The van der Waals surface area contributed by atoms with E-state index in [1.54, 1.807) is 25.8 Å². The van der Waals surface area contributed by atoms with Crippen LogP contribution < -0.4 is 42.5 Å². The topological polar surface area (TPSA) is 363 Å². The van der Waals surface area contributed by atoms with Crippen LogP contribution in [0.3, 0.4) is 0 Å². The molecule has 0 radical (unpaired) electrons. The molecule has 6 aliphatic rings. The summed E-state index contributed by atoms with van der Waals surface area (Å²) < 4.78 is 65.8. The van der Waals surface area contributed by atoms with Gasteiger partial charge in [0.05, 0.1) is 19.4 Å². The first-order valence-electron chi connectivity index (χ1n) is 54.9. The Balaban J connectivity index is -0.000000784. The Labute approximate surface area is 905 Å². The number of urea groups is 6. The molecule has 149 heavy (non-hydrogen) atoms. The third kappa shape index (κ3) is 84.8. The monoisotopic (exact) mass is 2150 g/mol. The molecule has 0 saturated carbocycles. The molecule has 6 rings (SSSR count). The Morgan fingerprint density at radius 2 is 0.758 bits per heavy atom. The number of likely N-dealkylation sites (tertiary alicyclic amines) is 2. The Kier molecular flexibility index (Phi) is 72.0. The molecule has 6 heterocycles. The summed E-state index contributed by atoms with van der Waals surface area (Å²) in [4.78, 5) is 145. The van der Waals surface area contributed by atoms with Crippen LogP contribution in [0.4, 0.5) is 41.9 Å². The van der Waals surface area contributed by atoms with Gasteiger partial charge in [-0.15, -0.1) is 6.42 Å². The molecule has 5 unspecified atom stereocenters. The minimum atomic E-state index is -4.36. The highest BCUT2D eigenvalue weighted by molar-refractivity contribution is 7.88. The lowest BCUT2D eigenvalue weighted by molar-refractivity contribution is -0.161. The third-order valence-electron chi connectivity index (χ3n) is 24.5. The van der Waals surface area contributed by atoms with Gasteiger partial charge in [0.25, 0.3) is 0 Å². The van der Waals surface area contributed by atoms with Crippen LogP contribution in [0.5, 0.6) is 0 Å². The highest BCUT2D eigenvalue weighted by Gasteiger charge is 2.41. The van der Waals surface area contributed by atoms with E-state index < -0.39 is 40.5 Å². The zero-order chi connectivity index (χ0) is 116. The summed E-state index contributed by atoms with van der Waals surface area (Å²) in [5.41, 5.74) is 0.382. The lowest BCUT2D eigenvalue weighted by Gasteiger charge is -2.39. The normalized spacial score (nSPS) is 17.6. The van der Waals surface area contributed by atoms with E-state index in [2.05, 4.69) is 193 Å². The SMILES string of the molecule is C#CC(CCC(C)=O)NCCC(C)(C)C.CC(=O)CC(NCCC(C)(C)C)C(F)(F)F.CC(=O)CCCCCCCCC(C)(C)C.CC(C)(C)NC(=O)N1CCCCC1.CC(C)N1CCN(C(=O)NC(C)(C)C)CC1.CC1CC(C)CN(C(=O)NC(C)(C)C)C1.CN1CCN(C(=O)N(C)C(C)(C)C)CC1.CN1CCN(C(=O)NC(C)(C)C)CC1.CNC(=O)N1CCN(S(C)(=O)=O)CC1.COC(=O)C(CC(C)=O)NCCC(C)(C)C. The van der Waals surface area contributed by atoms with Gasteiger partial charge in [-0.3, -0.25) is 19.3 Å². The number of esters is 1. The van der Waals surface area contributed by atoms with Gasteiger partial charge in [0.2, 0.25) is 10.0 Å². The van der Waals surface area contributed by atoms with Gasteiger partial charge < -0.3 is 101 Å². The van der Waals surface area contributed by atoms with E-state index in [-0.39, 0.29) is 111 Å². The van der Waals surface area contributed by atoms with Crippen molar-refractivity contribution >= 4 is 75.3 Å². The van der Waals surface area contributed by atoms with Crippen LogP contribution in [0.1, 0.15) is 364 Å². The number of unbranched alkanes of at least 4 members (excludes halogenated alkanes) is 5. The number of piperazine rings is 4. The molecule has 12 amide bonds. The van der Waals surface area contributed by atoms with Crippen molar-refractivity contribution in [2.24, 2.45) is 33.5 Å². The molecule has 0 aromatic carbocycles. The van der Waals surface area contributed by atoms with Gasteiger partial charge in [0, 0.05) is 204 Å². The third-order valence-corrected chi connectivity index (χ3v) is 25.8. The number of piperidine rings is 2. The van der Waals surface area contributed by atoms with Crippen molar-refractivity contribution in [3.05, 3.63) is 0 Å². The van der Waals surface area contributed by atoms with Gasteiger partial charge in [0.1, 0.15) is 35.2 Å². The number of carbonyl (C=O) groups is 11. The lowest BCUT2D eigenvalue weighted by Crippen LogP contribution is -2.56. The summed E-state index contributed by atoms with van der Waals surface area (Å²) in [6.45, 7) is 88.9. The maximum Gasteiger partial charge on any atom is 0.404 e. The Bertz CT molecular complexity index is 3910. The van der Waals surface area contributed by atoms with Gasteiger partial charge in [-0.1, -0.05) is 135 Å². The van der Waals surface area contributed by atoms with Crippen LogP contribution in [0.15, 0.2) is 0 Å². The second-order valence-corrected chi connectivity index (χ2v) is 53.6. The van der Waals surface area contributed by atoms with Gasteiger partial charge in [-0.2, -0.15) is 17.5 Å². The van der Waals surface area contributed by atoms with E-state index in [1.165, 1.54) is 82.9 Å². The number of halogens is 3. The van der Waals surface area contributed by atoms with E-state index >= 15 is 0 Å². The second kappa shape index (κ2) is 72.5. The van der Waals surface area contributed by atoms with Gasteiger partial charge in [0.15, 0.2) is 0 Å². The molecule has 876 valence electrons. The molecule has 6 fully saturated rings. The number of sulfonamides is 1. The average molecular weight is 2150 g/mol. The number of hydrogen-bond donors (Lipinski definition) is 8. The molecule has 5 atom stereocenters. The zero-order valence-electron chi connectivity index (χ0n) is 102. The molecule has 33 nitrogen and oxygen atoms in total. The number of nitrogens with one attached hydrogen (secondary N) is 8. The van der Waals surface area contributed by atoms with Crippen molar-refractivity contribution in [1.82, 2.24) is 95.8 Å². The van der Waals surface area contributed by atoms with E-state index in [1.807, 2.05) is 140 Å². The highest BCUT2D eigenvalue weighted by atomic mass is 32.2. The summed E-state index contributed by atoms with van der Waals surface area (Å²) in [6.07, 6.45) is 20.5. The number of Topliss-reactive ketones (excluding diaryl/α,β-unsaturated/α-hetero) is 4. The molecule has 37 heteroatoms. The number of terminal acetylenes is 1. The summed E-state index contributed by atoms with van der Waals surface area (Å²) in [6, 6.07) is -1.32. The number of rotatable bonds is 27. The Morgan fingerprint density at radius 3 is 1.09 bits per heavy atom. The van der Waals surface area contributed by atoms with E-state index in [9.17, 15) is 74.3 Å². The van der Waals surface area contributed by atoms with Crippen LogP contribution in [0.25, 0.3) is 0 Å². The molecule has 0 aliphatic carbocycles. The number of ether oxygens (including phenoxy) is 1. The van der Waals surface area contributed by atoms with Crippen LogP contribution in [-0.4, -0.2) is 377 Å². The number of ketones is 4. The predicted octanol–water partition coefficient (Wildman–Crippen LogP) is 18.3. The predicted molar refractivity (Wildman–Crippen MR) is 607 cm³/mol. The zero-order valence-corrected chi connectivity index (χ0v) is 103. The number of hydrogen-bond acceptors (Lipinski definition) is 20. The van der Waals surface area contributed by atoms with Gasteiger partial charge >= 0.3 is 48.3 Å². The fourth-order valence-electron chi connectivity index (χ4n) is 15.3. The average Bonchev–Trinajstić information content (AvgIpc) is 0.837. The van der Waals surface area contributed by atoms with Crippen LogP contribution in [-0.2, 0) is 38.7 Å². The van der Waals surface area contributed by atoms with Crippen molar-refractivity contribution in [2.45, 2.75) is 422 Å². The van der Waals surface area contributed by atoms with Gasteiger partial charge in [-0.25, -0.2) is 37.2 Å². The first kappa shape index (κ1) is 148. The first-order chi connectivity index (χ1) is 67.8. The molecule has 0 bridgehead atoms. The lowest BCUT2D eigenvalue weighted by atomic mass is 9.89. The fraction of sp³-hybridized carbons (Fsp3) is 0.884. The van der Waals surface area contributed by atoms with E-state index in [0.717, 1.165) is 156 Å². The number of amides is 12. The quantitative estimate of drug-likeness (QED) is 0.0215. The summed E-state index contributed by atoms with van der Waals surface area (Å²) in [5, 5.41) is 23.2. The van der Waals surface area contributed by atoms with Crippen LogP contribution >= 0.6 is 0 Å². The molecule has 8 N–H and O–H groups in total. The second-order valence-electron chi connectivity index (χ2n) is 51.7. The summed E-state index contributed by atoms with van der Waals surface area (Å²) in [7, 11) is 5.84. The maximum absolute atomic E-state index is 12.5. The highest BCUT2D eigenvalue weighted by Crippen LogP contribution is 2.28. The summed E-state index contributed by atoms with van der Waals surface area (Å²) >= 11 is 0. The Morgan fingerprint density at radius 1 is 0.423 bits per heavy atom. The molecular weight excluding hydrogens is 1920 g/mol. The van der Waals surface area contributed by atoms with E-state index in [0.29, 0.717) is 80.1 Å². The largest absolute Gasteiger partial charge is 0.468 e. The van der Waals surface area contributed by atoms with Crippen molar-refractivity contribution in [1.29, 1.82) is 0 Å². The minimum Gasteiger partial charge on any atom is -0.468 e. The first-order valence-corrected chi connectivity index (χ1v) is 56.7. The number of alkyl halides is 3. The minimum absolute atomic E-state index is 0.0145. The molecule has 6 saturated heterocycles. The number of likely N-dealkylation sites (N-methyl/N-ethyl adjacent to an activating group) is 2. The maximum atomic E-state index is 12.5. The van der Waals surface area contributed by atoms with Crippen molar-refractivity contribution in [3.63, 3.8) is 0 Å². The molecule has 6 aliphatic heterocycles. The Hall–Kier alpha value is -7.21. The number of nitrogens with zero attached hydrogens (tertiary/aromatic N) is 11. The van der Waals surface area contributed by atoms with Crippen molar-refractivity contribution in [2.75, 3.05) is 192 Å². The standard InChI is InChI=1S/C14H28O.C13H23NO.C12H25N3O.C12H24N2O.C12H23NO3.C11H20F3NO.C11H23N3O.C10H21N3O.C10H20N2O.C7H15N3O3S/c1-13(15)11-9-7-5-6-8-10-12-14(2,3)4;1-6-12(8-7-11(2)15)14-10-9-13(3,4)5;1-10(2)14-6-8-15(9-7-14)11(16)13-12(3,4)5;1-9-6-10(2)8-14(7-9)11(15)13-12(3,4)5;1-9(14)8-10(11(15)16-5)13-7-6-12(2,3)4;1-8(16)7-9(11(12,13)14)15-6-5-10(2,3)4;1-11(2,3)13(5)10(15)14-8-6-12(4)7-9-14;1-10(2,3)11-9(14)13-7-5-12(4)6-8-13;1-10(2,3)11-9(13)12-7-5-4-6-8-12;1-8-7(11)9-3-5-10(6-4-9)14(2,12)13/h5-12H2,1-4H3;1,12,14H,7-10H2,2-5H3;10H,6-9H2,1-5H3,(H,13,16);9-10H,6-8H2,1-5H3,(H,13,15);10,13H,6-8H2,1-5H3;9,15H,5-7H2,1-4H3;6-9H2,1-5H3;5-8H2,1-4H3,(H,11,14);4-8H2,1-3H3,(H,11,13);3-6H2,1-2H3,(H,8,11). The van der Waals surface area contributed by atoms with Crippen molar-refractivity contribution in [3.8, 4) is 12.3 Å². The summed E-state index contributed by atoms with van der Waals surface area (Å²) in [5.74, 6) is 3.63. The van der Waals surface area contributed by atoms with Crippen LogP contribution in [0.2, 0.25) is 0 Å². The number of methoxy groups -OCH3 is 1. The molecule has 0 aromatic rings. The smallest absolute Gasteiger partial charge is 0.404 e. The van der Waals surface area contributed by atoms with Crippen molar-refractivity contribution < 1.29 is 79.1 Å². The number of carbonyl (C=O) groups excluding carboxylic acids is 11. The van der Waals surface area contributed by atoms with E-state index in [4.69, 9.17) is 6.42 Å². The van der Waals surface area contributed by atoms with Crippen LogP contribution in [0, 0.1) is 45.8 Å². The fourth-order valence-corrected chi connectivity index (χ4v) is 16.1. The molecule has 0 aromatic heterocycles. The van der Waals surface area contributed by atoms with Gasteiger partial charge in [-0.05, 0) is 277 Å². The molecule has 0 spiro atoms. The molecular formula is C112H222F3N19O14S.